The standard InChI is InChI=1S/C20H33N3O.2ClH/c1-15-9-11-23(12-10-15)14-17-7-5-16(6-8-17)13-22-19(24)18(21)20(2,3)4;;/h5-8,15,18H,9-14,21H2,1-4H3,(H,22,24);2*1H/t18-;;/m1../s1. The Bertz CT molecular complexity index is 535. The molecule has 6 heteroatoms. The number of benzene rings is 1. The lowest BCUT2D eigenvalue weighted by Gasteiger charge is -2.30. The number of nitrogens with two attached hydrogens (primary N) is 1. The van der Waals surface area contributed by atoms with E-state index in [1.807, 2.05) is 20.8 Å². The third-order valence-electron chi connectivity index (χ3n) is 4.99. The third-order valence-corrected chi connectivity index (χ3v) is 4.99. The Morgan fingerprint density at radius 1 is 1.15 bits per heavy atom. The molecule has 0 spiro atoms. The van der Waals surface area contributed by atoms with Gasteiger partial charge in [0.1, 0.15) is 0 Å². The Labute approximate surface area is 171 Å². The smallest absolute Gasteiger partial charge is 0.237 e. The van der Waals surface area contributed by atoms with Crippen molar-refractivity contribution in [3.8, 4) is 0 Å². The van der Waals surface area contributed by atoms with E-state index in [-0.39, 0.29) is 36.1 Å². The van der Waals surface area contributed by atoms with Crippen LogP contribution in [0.4, 0.5) is 0 Å². The fourth-order valence-corrected chi connectivity index (χ4v) is 2.93. The molecule has 1 aromatic carbocycles. The summed E-state index contributed by atoms with van der Waals surface area (Å²) in [6, 6.07) is 8.06. The first-order chi connectivity index (χ1) is 11.3. The number of rotatable bonds is 5. The van der Waals surface area contributed by atoms with Gasteiger partial charge in [-0.25, -0.2) is 0 Å². The maximum atomic E-state index is 12.1. The van der Waals surface area contributed by atoms with Crippen LogP contribution >= 0.6 is 24.8 Å². The van der Waals surface area contributed by atoms with Crippen molar-refractivity contribution in [3.63, 3.8) is 0 Å². The minimum atomic E-state index is -0.488. The average molecular weight is 404 g/mol. The Hall–Kier alpha value is -0.810. The van der Waals surface area contributed by atoms with Crippen molar-refractivity contribution in [1.82, 2.24) is 10.2 Å². The fraction of sp³-hybridized carbons (Fsp3) is 0.650. The molecule has 0 aromatic heterocycles. The summed E-state index contributed by atoms with van der Waals surface area (Å²) in [5, 5.41) is 2.94. The highest BCUT2D eigenvalue weighted by Crippen LogP contribution is 2.19. The van der Waals surface area contributed by atoms with Gasteiger partial charge in [0, 0.05) is 13.1 Å². The highest BCUT2D eigenvalue weighted by Gasteiger charge is 2.27. The molecule has 1 heterocycles. The number of nitrogens with zero attached hydrogens (tertiary/aromatic N) is 1. The summed E-state index contributed by atoms with van der Waals surface area (Å²) >= 11 is 0. The van der Waals surface area contributed by atoms with E-state index in [4.69, 9.17) is 5.73 Å². The second kappa shape index (κ2) is 11.1. The van der Waals surface area contributed by atoms with Crippen LogP contribution in [0.15, 0.2) is 24.3 Å². The van der Waals surface area contributed by atoms with Gasteiger partial charge in [-0.3, -0.25) is 9.69 Å². The lowest BCUT2D eigenvalue weighted by Crippen LogP contribution is -2.48. The van der Waals surface area contributed by atoms with Gasteiger partial charge in [0.15, 0.2) is 0 Å². The zero-order valence-corrected chi connectivity index (χ0v) is 18.1. The lowest BCUT2D eigenvalue weighted by atomic mass is 9.87. The lowest BCUT2D eigenvalue weighted by molar-refractivity contribution is -0.124. The predicted octanol–water partition coefficient (Wildman–Crippen LogP) is 3.75. The number of nitrogens with one attached hydrogen (secondary N) is 1. The summed E-state index contributed by atoms with van der Waals surface area (Å²) in [6.07, 6.45) is 2.61. The second-order valence-electron chi connectivity index (χ2n) is 8.34. The molecule has 26 heavy (non-hydrogen) atoms. The molecule has 1 fully saturated rings. The number of likely N-dealkylation sites (tertiary alicyclic amines) is 1. The molecule has 4 nitrogen and oxygen atoms in total. The number of hydrogen-bond acceptors (Lipinski definition) is 3. The normalized spacial score (nSPS) is 17.0. The van der Waals surface area contributed by atoms with E-state index in [9.17, 15) is 4.79 Å². The summed E-state index contributed by atoms with van der Waals surface area (Å²) in [5.41, 5.74) is 8.21. The van der Waals surface area contributed by atoms with Crippen molar-refractivity contribution in [3.05, 3.63) is 35.4 Å². The Kier molecular flexibility index (Phi) is 10.8. The Morgan fingerprint density at radius 2 is 1.65 bits per heavy atom. The third kappa shape index (κ3) is 7.83. The molecule has 0 radical (unpaired) electrons. The molecule has 2 rings (SSSR count). The SMILES string of the molecule is CC1CCN(Cc2ccc(CNC(=O)[C@@H](N)C(C)(C)C)cc2)CC1.Cl.Cl. The minimum Gasteiger partial charge on any atom is -0.351 e. The molecular weight excluding hydrogens is 369 g/mol. The fourth-order valence-electron chi connectivity index (χ4n) is 2.93. The highest BCUT2D eigenvalue weighted by molar-refractivity contribution is 5.85. The van der Waals surface area contributed by atoms with Gasteiger partial charge in [0.25, 0.3) is 0 Å². The maximum Gasteiger partial charge on any atom is 0.237 e. The number of hydrogen-bond donors (Lipinski definition) is 2. The summed E-state index contributed by atoms with van der Waals surface area (Å²) < 4.78 is 0. The molecule has 0 saturated carbocycles. The molecular formula is C20H35Cl2N3O. The molecule has 0 unspecified atom stereocenters. The molecule has 1 aromatic rings. The van der Waals surface area contributed by atoms with Gasteiger partial charge in [-0.05, 0) is 48.4 Å². The zero-order chi connectivity index (χ0) is 17.7. The molecule has 150 valence electrons. The van der Waals surface area contributed by atoms with Gasteiger partial charge in [0.05, 0.1) is 6.04 Å². The molecule has 3 N–H and O–H groups in total. The molecule has 1 aliphatic heterocycles. The summed E-state index contributed by atoms with van der Waals surface area (Å²) in [6.45, 7) is 12.2. The minimum absolute atomic E-state index is 0. The zero-order valence-electron chi connectivity index (χ0n) is 16.5. The van der Waals surface area contributed by atoms with Crippen LogP contribution in [-0.2, 0) is 17.9 Å². The van der Waals surface area contributed by atoms with Crippen LogP contribution < -0.4 is 11.1 Å². The van der Waals surface area contributed by atoms with E-state index < -0.39 is 6.04 Å². The number of carbonyl (C=O) groups excluding carboxylic acids is 1. The van der Waals surface area contributed by atoms with Gasteiger partial charge >= 0.3 is 0 Å². The molecule has 1 saturated heterocycles. The summed E-state index contributed by atoms with van der Waals surface area (Å²) in [4.78, 5) is 14.6. The predicted molar refractivity (Wildman–Crippen MR) is 114 cm³/mol. The highest BCUT2D eigenvalue weighted by atomic mass is 35.5. The topological polar surface area (TPSA) is 58.4 Å². The number of piperidine rings is 1. The van der Waals surface area contributed by atoms with E-state index in [1.165, 1.54) is 31.5 Å². The van der Waals surface area contributed by atoms with Crippen molar-refractivity contribution in [1.29, 1.82) is 0 Å². The van der Waals surface area contributed by atoms with E-state index in [2.05, 4.69) is 41.4 Å². The van der Waals surface area contributed by atoms with Crippen LogP contribution in [0, 0.1) is 11.3 Å². The van der Waals surface area contributed by atoms with E-state index in [0.29, 0.717) is 6.54 Å². The van der Waals surface area contributed by atoms with Crippen LogP contribution in [0.3, 0.4) is 0 Å². The first kappa shape index (κ1) is 25.2. The van der Waals surface area contributed by atoms with Crippen molar-refractivity contribution >= 4 is 30.7 Å². The number of halogens is 2. The number of amides is 1. The Morgan fingerprint density at radius 3 is 2.15 bits per heavy atom. The maximum absolute atomic E-state index is 12.1. The van der Waals surface area contributed by atoms with Crippen molar-refractivity contribution < 1.29 is 4.79 Å². The molecule has 0 bridgehead atoms. The van der Waals surface area contributed by atoms with E-state index in [1.54, 1.807) is 0 Å². The summed E-state index contributed by atoms with van der Waals surface area (Å²) in [7, 11) is 0. The van der Waals surface area contributed by atoms with Crippen LogP contribution in [0.5, 0.6) is 0 Å². The molecule has 0 aliphatic carbocycles. The number of carbonyl (C=O) groups is 1. The van der Waals surface area contributed by atoms with Crippen molar-refractivity contribution in [2.24, 2.45) is 17.1 Å². The first-order valence-electron chi connectivity index (χ1n) is 9.09. The quantitative estimate of drug-likeness (QED) is 0.786. The van der Waals surface area contributed by atoms with Crippen LogP contribution in [0.25, 0.3) is 0 Å². The Balaban J connectivity index is 0.00000312. The monoisotopic (exact) mass is 403 g/mol. The van der Waals surface area contributed by atoms with Gasteiger partial charge < -0.3 is 11.1 Å². The van der Waals surface area contributed by atoms with Crippen LogP contribution in [0.2, 0.25) is 0 Å². The average Bonchev–Trinajstić information content (AvgIpc) is 2.54. The summed E-state index contributed by atoms with van der Waals surface area (Å²) in [5.74, 6) is 0.778. The first-order valence-corrected chi connectivity index (χ1v) is 9.09. The van der Waals surface area contributed by atoms with Crippen molar-refractivity contribution in [2.75, 3.05) is 13.1 Å². The van der Waals surface area contributed by atoms with Gasteiger partial charge in [-0.15, -0.1) is 24.8 Å². The molecule has 1 aliphatic rings. The van der Waals surface area contributed by atoms with Gasteiger partial charge in [0.2, 0.25) is 5.91 Å². The van der Waals surface area contributed by atoms with Gasteiger partial charge in [-0.2, -0.15) is 0 Å². The molecule has 1 atom stereocenters. The van der Waals surface area contributed by atoms with Crippen LogP contribution in [-0.4, -0.2) is 29.9 Å². The second-order valence-corrected chi connectivity index (χ2v) is 8.34. The largest absolute Gasteiger partial charge is 0.351 e. The molecule has 1 amide bonds. The van der Waals surface area contributed by atoms with Gasteiger partial charge in [-0.1, -0.05) is 52.0 Å². The van der Waals surface area contributed by atoms with E-state index >= 15 is 0 Å². The van der Waals surface area contributed by atoms with E-state index in [0.717, 1.165) is 18.0 Å². The van der Waals surface area contributed by atoms with Crippen LogP contribution in [0.1, 0.15) is 51.7 Å². The van der Waals surface area contributed by atoms with Crippen molar-refractivity contribution in [2.45, 2.75) is 59.7 Å².